The summed E-state index contributed by atoms with van der Waals surface area (Å²) < 4.78 is 0. The zero-order valence-corrected chi connectivity index (χ0v) is 10.5. The molecule has 0 bridgehead atoms. The van der Waals surface area contributed by atoms with Crippen LogP contribution in [0.25, 0.3) is 0 Å². The minimum Gasteiger partial charge on any atom is -0.492 e. The maximum absolute atomic E-state index is 9.63. The molecule has 0 aliphatic rings. The summed E-state index contributed by atoms with van der Waals surface area (Å²) in [6, 6.07) is 7.64. The molecule has 1 heterocycles. The number of hydrogen-bond donors (Lipinski definition) is 2. The number of aromatic hydroxyl groups is 1. The van der Waals surface area contributed by atoms with E-state index in [-0.39, 0.29) is 5.88 Å². The standard InChI is InChI=1S/C13H15ClN2O/c1-2-4-11-13(17)16-12(15-11)8-9-5-3-6-10(14)7-9/h3,5-7,17H,2,4,8H2,1H3,(H,15,16). The van der Waals surface area contributed by atoms with Gasteiger partial charge >= 0.3 is 0 Å². The van der Waals surface area contributed by atoms with E-state index < -0.39 is 0 Å². The number of aromatic nitrogens is 2. The fraction of sp³-hybridized carbons (Fsp3) is 0.308. The highest BCUT2D eigenvalue weighted by Crippen LogP contribution is 2.18. The number of hydrogen-bond acceptors (Lipinski definition) is 2. The van der Waals surface area contributed by atoms with Gasteiger partial charge in [0.25, 0.3) is 0 Å². The summed E-state index contributed by atoms with van der Waals surface area (Å²) in [4.78, 5) is 7.26. The Bertz CT molecular complexity index is 508. The van der Waals surface area contributed by atoms with E-state index in [1.165, 1.54) is 0 Å². The summed E-state index contributed by atoms with van der Waals surface area (Å²) in [5.74, 6) is 0.886. The quantitative estimate of drug-likeness (QED) is 0.875. The van der Waals surface area contributed by atoms with Crippen molar-refractivity contribution in [1.29, 1.82) is 0 Å². The predicted molar refractivity (Wildman–Crippen MR) is 68.5 cm³/mol. The van der Waals surface area contributed by atoms with Crippen LogP contribution in [0.5, 0.6) is 5.88 Å². The molecule has 0 aliphatic heterocycles. The molecule has 2 rings (SSSR count). The lowest BCUT2D eigenvalue weighted by Gasteiger charge is -1.98. The lowest BCUT2D eigenvalue weighted by Crippen LogP contribution is -1.91. The highest BCUT2D eigenvalue weighted by molar-refractivity contribution is 6.30. The number of benzene rings is 1. The van der Waals surface area contributed by atoms with Gasteiger partial charge in [0.15, 0.2) is 0 Å². The summed E-state index contributed by atoms with van der Waals surface area (Å²) in [5.41, 5.74) is 1.89. The third kappa shape index (κ3) is 3.01. The largest absolute Gasteiger partial charge is 0.492 e. The molecule has 1 aromatic carbocycles. The van der Waals surface area contributed by atoms with Gasteiger partial charge in [-0.1, -0.05) is 37.1 Å². The Kier molecular flexibility index (Phi) is 3.69. The monoisotopic (exact) mass is 250 g/mol. The molecular weight excluding hydrogens is 236 g/mol. The zero-order chi connectivity index (χ0) is 12.3. The lowest BCUT2D eigenvalue weighted by atomic mass is 10.1. The maximum Gasteiger partial charge on any atom is 0.232 e. The van der Waals surface area contributed by atoms with Gasteiger partial charge < -0.3 is 10.1 Å². The molecule has 2 aromatic rings. The van der Waals surface area contributed by atoms with E-state index >= 15 is 0 Å². The van der Waals surface area contributed by atoms with Gasteiger partial charge in [-0.2, -0.15) is 4.98 Å². The van der Waals surface area contributed by atoms with E-state index in [2.05, 4.69) is 16.9 Å². The minimum absolute atomic E-state index is 0.115. The van der Waals surface area contributed by atoms with Gasteiger partial charge in [0.2, 0.25) is 5.88 Å². The summed E-state index contributed by atoms with van der Waals surface area (Å²) in [6.07, 6.45) is 2.44. The Morgan fingerprint density at radius 1 is 1.41 bits per heavy atom. The summed E-state index contributed by atoms with van der Waals surface area (Å²) >= 11 is 5.92. The number of H-pyrrole nitrogens is 1. The second kappa shape index (κ2) is 5.23. The predicted octanol–water partition coefficient (Wildman–Crippen LogP) is 3.31. The van der Waals surface area contributed by atoms with Crippen LogP contribution in [0.3, 0.4) is 0 Å². The van der Waals surface area contributed by atoms with Crippen molar-refractivity contribution in [2.24, 2.45) is 0 Å². The molecule has 0 radical (unpaired) electrons. The van der Waals surface area contributed by atoms with Gasteiger partial charge in [-0.3, -0.25) is 0 Å². The smallest absolute Gasteiger partial charge is 0.232 e. The first kappa shape index (κ1) is 12.0. The zero-order valence-electron chi connectivity index (χ0n) is 9.70. The van der Waals surface area contributed by atoms with E-state index in [0.29, 0.717) is 11.4 Å². The van der Waals surface area contributed by atoms with Crippen LogP contribution in [-0.4, -0.2) is 15.1 Å². The topological polar surface area (TPSA) is 48.9 Å². The number of imidazole rings is 1. The van der Waals surface area contributed by atoms with Crippen molar-refractivity contribution >= 4 is 11.6 Å². The Morgan fingerprint density at radius 3 is 2.94 bits per heavy atom. The number of aryl methyl sites for hydroxylation is 1. The molecule has 0 atom stereocenters. The van der Waals surface area contributed by atoms with Crippen molar-refractivity contribution in [1.82, 2.24) is 9.97 Å². The van der Waals surface area contributed by atoms with Gasteiger partial charge in [-0.25, -0.2) is 0 Å². The lowest BCUT2D eigenvalue weighted by molar-refractivity contribution is 0.448. The number of aromatic amines is 1. The molecule has 0 saturated heterocycles. The average Bonchev–Trinajstić information content (AvgIpc) is 2.60. The molecule has 4 heteroatoms. The normalized spacial score (nSPS) is 10.7. The van der Waals surface area contributed by atoms with Crippen LogP contribution in [0, 0.1) is 0 Å². The molecule has 3 nitrogen and oxygen atoms in total. The van der Waals surface area contributed by atoms with Gasteiger partial charge in [0.05, 0.1) is 5.69 Å². The Hall–Kier alpha value is -1.48. The van der Waals surface area contributed by atoms with Crippen molar-refractivity contribution in [2.45, 2.75) is 26.2 Å². The molecule has 1 aromatic heterocycles. The van der Waals surface area contributed by atoms with E-state index in [1.807, 2.05) is 24.3 Å². The average molecular weight is 251 g/mol. The molecule has 2 N–H and O–H groups in total. The molecule has 0 amide bonds. The number of halogens is 1. The highest BCUT2D eigenvalue weighted by atomic mass is 35.5. The SMILES string of the molecule is CCCc1[nH]c(Cc2cccc(Cl)c2)nc1O. The Morgan fingerprint density at radius 2 is 2.24 bits per heavy atom. The summed E-state index contributed by atoms with van der Waals surface area (Å²) in [6.45, 7) is 2.07. The molecule has 0 aliphatic carbocycles. The third-order valence-electron chi connectivity index (χ3n) is 2.57. The van der Waals surface area contributed by atoms with Crippen molar-refractivity contribution < 1.29 is 5.11 Å². The second-order valence-corrected chi connectivity index (χ2v) is 4.48. The van der Waals surface area contributed by atoms with Crippen LogP contribution in [0.1, 0.15) is 30.4 Å². The van der Waals surface area contributed by atoms with Crippen LogP contribution in [0.2, 0.25) is 5.02 Å². The van der Waals surface area contributed by atoms with Crippen molar-refractivity contribution in [2.75, 3.05) is 0 Å². The van der Waals surface area contributed by atoms with Gasteiger partial charge in [0.1, 0.15) is 5.82 Å². The van der Waals surface area contributed by atoms with Gasteiger partial charge in [0, 0.05) is 11.4 Å². The van der Waals surface area contributed by atoms with E-state index in [4.69, 9.17) is 11.6 Å². The van der Waals surface area contributed by atoms with E-state index in [1.54, 1.807) is 0 Å². The Labute approximate surface area is 105 Å². The molecule has 90 valence electrons. The maximum atomic E-state index is 9.63. The molecule has 0 unspecified atom stereocenters. The van der Waals surface area contributed by atoms with E-state index in [9.17, 15) is 5.11 Å². The molecule has 17 heavy (non-hydrogen) atoms. The minimum atomic E-state index is 0.115. The second-order valence-electron chi connectivity index (χ2n) is 4.04. The fourth-order valence-corrected chi connectivity index (χ4v) is 2.01. The van der Waals surface area contributed by atoms with Crippen LogP contribution >= 0.6 is 11.6 Å². The van der Waals surface area contributed by atoms with Gasteiger partial charge in [-0.15, -0.1) is 0 Å². The Balaban J connectivity index is 2.16. The van der Waals surface area contributed by atoms with Crippen molar-refractivity contribution in [3.05, 3.63) is 46.4 Å². The number of rotatable bonds is 4. The van der Waals surface area contributed by atoms with Crippen LogP contribution in [-0.2, 0) is 12.8 Å². The van der Waals surface area contributed by atoms with Crippen molar-refractivity contribution in [3.63, 3.8) is 0 Å². The first-order valence-corrected chi connectivity index (χ1v) is 6.08. The molecule has 0 saturated carbocycles. The first-order valence-electron chi connectivity index (χ1n) is 5.70. The number of nitrogens with one attached hydrogen (secondary N) is 1. The number of nitrogens with zero attached hydrogens (tertiary/aromatic N) is 1. The fourth-order valence-electron chi connectivity index (χ4n) is 1.80. The molecule has 0 fully saturated rings. The van der Waals surface area contributed by atoms with E-state index in [0.717, 1.165) is 29.9 Å². The first-order chi connectivity index (χ1) is 8.19. The molecule has 0 spiro atoms. The molecular formula is C13H15ClN2O. The van der Waals surface area contributed by atoms with Crippen LogP contribution in [0.4, 0.5) is 0 Å². The third-order valence-corrected chi connectivity index (χ3v) is 2.80. The van der Waals surface area contributed by atoms with Crippen LogP contribution in [0.15, 0.2) is 24.3 Å². The summed E-state index contributed by atoms with van der Waals surface area (Å²) in [7, 11) is 0. The van der Waals surface area contributed by atoms with Crippen molar-refractivity contribution in [3.8, 4) is 5.88 Å². The van der Waals surface area contributed by atoms with Gasteiger partial charge in [-0.05, 0) is 24.1 Å². The highest BCUT2D eigenvalue weighted by Gasteiger charge is 2.08. The summed E-state index contributed by atoms with van der Waals surface area (Å²) in [5, 5.41) is 10.3. The van der Waals surface area contributed by atoms with Crippen LogP contribution < -0.4 is 0 Å².